The minimum Gasteiger partial charge on any atom is -0.450 e. The molecule has 3 rings (SSSR count). The fourth-order valence-electron chi connectivity index (χ4n) is 3.55. The molecule has 1 aliphatic heterocycles. The zero-order chi connectivity index (χ0) is 13.9. The van der Waals surface area contributed by atoms with E-state index < -0.39 is 0 Å². The van der Waals surface area contributed by atoms with E-state index in [1.807, 2.05) is 11.8 Å². The maximum absolute atomic E-state index is 11.6. The van der Waals surface area contributed by atoms with E-state index in [1.54, 1.807) is 0 Å². The van der Waals surface area contributed by atoms with Gasteiger partial charge in [0, 0.05) is 19.1 Å². The van der Waals surface area contributed by atoms with Gasteiger partial charge in [0.25, 0.3) is 0 Å². The summed E-state index contributed by atoms with van der Waals surface area (Å²) in [6, 6.07) is 0.598. The van der Waals surface area contributed by atoms with Crippen molar-refractivity contribution in [2.75, 3.05) is 26.2 Å². The zero-order valence-corrected chi connectivity index (χ0v) is 12.6. The fraction of sp³-hybridized carbons (Fsp3) is 0.938. The minimum absolute atomic E-state index is 0.139. The maximum Gasteiger partial charge on any atom is 0.409 e. The first kappa shape index (κ1) is 14.2. The van der Waals surface area contributed by atoms with Gasteiger partial charge in [0.15, 0.2) is 0 Å². The molecule has 3 aliphatic rings. The Bertz CT molecular complexity index is 319. The summed E-state index contributed by atoms with van der Waals surface area (Å²) >= 11 is 0. The fourth-order valence-corrected chi connectivity index (χ4v) is 3.55. The van der Waals surface area contributed by atoms with Gasteiger partial charge in [0.05, 0.1) is 6.61 Å². The number of nitrogens with one attached hydrogen (secondary N) is 1. The summed E-state index contributed by atoms with van der Waals surface area (Å²) in [5.41, 5.74) is 0. The van der Waals surface area contributed by atoms with Crippen LogP contribution in [-0.2, 0) is 4.74 Å². The van der Waals surface area contributed by atoms with Crippen LogP contribution in [0.4, 0.5) is 4.79 Å². The Kier molecular flexibility index (Phi) is 4.49. The van der Waals surface area contributed by atoms with Crippen LogP contribution < -0.4 is 5.32 Å². The Balaban J connectivity index is 1.36. The first-order chi connectivity index (χ1) is 9.78. The van der Waals surface area contributed by atoms with Gasteiger partial charge in [-0.25, -0.2) is 4.79 Å². The average molecular weight is 280 g/mol. The molecule has 4 nitrogen and oxygen atoms in total. The summed E-state index contributed by atoms with van der Waals surface area (Å²) in [5, 5.41) is 3.78. The largest absolute Gasteiger partial charge is 0.450 e. The molecular weight excluding hydrogens is 252 g/mol. The van der Waals surface area contributed by atoms with Gasteiger partial charge in [0.2, 0.25) is 0 Å². The third-order valence-electron chi connectivity index (χ3n) is 5.12. The zero-order valence-electron chi connectivity index (χ0n) is 12.6. The third kappa shape index (κ3) is 3.66. The molecule has 3 fully saturated rings. The molecule has 0 aromatic rings. The van der Waals surface area contributed by atoms with Gasteiger partial charge in [0.1, 0.15) is 0 Å². The van der Waals surface area contributed by atoms with Crippen LogP contribution in [0.2, 0.25) is 0 Å². The first-order valence-corrected chi connectivity index (χ1v) is 8.43. The van der Waals surface area contributed by atoms with Crippen molar-refractivity contribution in [3.8, 4) is 0 Å². The number of ether oxygens (including phenoxy) is 1. The molecule has 0 bridgehead atoms. The molecule has 0 aromatic heterocycles. The monoisotopic (exact) mass is 280 g/mol. The molecule has 0 atom stereocenters. The van der Waals surface area contributed by atoms with Crippen LogP contribution in [0.5, 0.6) is 0 Å². The Hall–Kier alpha value is -0.770. The number of hydrogen-bond acceptors (Lipinski definition) is 3. The summed E-state index contributed by atoms with van der Waals surface area (Å²) in [5.74, 6) is 2.99. The summed E-state index contributed by atoms with van der Waals surface area (Å²) in [6.45, 7) is 5.23. The number of hydrogen-bond donors (Lipinski definition) is 1. The minimum atomic E-state index is -0.139. The predicted octanol–water partition coefficient (Wildman–Crippen LogP) is 2.63. The van der Waals surface area contributed by atoms with Crippen molar-refractivity contribution < 1.29 is 9.53 Å². The lowest BCUT2D eigenvalue weighted by atomic mass is 9.96. The second-order valence-corrected chi connectivity index (χ2v) is 6.71. The van der Waals surface area contributed by atoms with Crippen LogP contribution in [-0.4, -0.2) is 43.3 Å². The summed E-state index contributed by atoms with van der Waals surface area (Å²) < 4.78 is 5.06. The molecule has 1 saturated heterocycles. The van der Waals surface area contributed by atoms with Crippen molar-refractivity contribution in [3.63, 3.8) is 0 Å². The number of likely N-dealkylation sites (tertiary alicyclic amines) is 1. The van der Waals surface area contributed by atoms with Crippen LogP contribution in [0.3, 0.4) is 0 Å². The highest BCUT2D eigenvalue weighted by molar-refractivity contribution is 5.67. The molecule has 0 unspecified atom stereocenters. The Morgan fingerprint density at radius 2 is 1.75 bits per heavy atom. The molecule has 1 heterocycles. The van der Waals surface area contributed by atoms with Gasteiger partial charge >= 0.3 is 6.09 Å². The van der Waals surface area contributed by atoms with E-state index in [4.69, 9.17) is 4.74 Å². The van der Waals surface area contributed by atoms with Crippen LogP contribution in [0.15, 0.2) is 0 Å². The second kappa shape index (κ2) is 6.33. The average Bonchev–Trinajstić information content (AvgIpc) is 3.34. The van der Waals surface area contributed by atoms with E-state index in [0.717, 1.165) is 43.7 Å². The molecule has 20 heavy (non-hydrogen) atoms. The van der Waals surface area contributed by atoms with Gasteiger partial charge in [-0.2, -0.15) is 0 Å². The van der Waals surface area contributed by atoms with E-state index in [0.29, 0.717) is 12.6 Å². The highest BCUT2D eigenvalue weighted by atomic mass is 16.6. The summed E-state index contributed by atoms with van der Waals surface area (Å²) in [6.07, 6.45) is 7.85. The summed E-state index contributed by atoms with van der Waals surface area (Å²) in [7, 11) is 0. The number of carbonyl (C=O) groups is 1. The molecule has 2 aliphatic carbocycles. The Morgan fingerprint density at radius 1 is 1.15 bits per heavy atom. The van der Waals surface area contributed by atoms with Crippen LogP contribution >= 0.6 is 0 Å². The van der Waals surface area contributed by atoms with Crippen molar-refractivity contribution >= 4 is 6.09 Å². The van der Waals surface area contributed by atoms with E-state index >= 15 is 0 Å². The van der Waals surface area contributed by atoms with Gasteiger partial charge in [-0.3, -0.25) is 0 Å². The van der Waals surface area contributed by atoms with Crippen molar-refractivity contribution in [2.24, 2.45) is 17.8 Å². The van der Waals surface area contributed by atoms with Gasteiger partial charge < -0.3 is 15.0 Å². The predicted molar refractivity (Wildman–Crippen MR) is 78.6 cm³/mol. The quantitative estimate of drug-likeness (QED) is 0.813. The molecule has 114 valence electrons. The van der Waals surface area contributed by atoms with E-state index in [2.05, 4.69) is 5.32 Å². The number of amides is 1. The van der Waals surface area contributed by atoms with Crippen molar-refractivity contribution in [1.29, 1.82) is 0 Å². The lowest BCUT2D eigenvalue weighted by molar-refractivity contribution is 0.0946. The highest BCUT2D eigenvalue weighted by Crippen LogP contribution is 2.48. The van der Waals surface area contributed by atoms with E-state index in [9.17, 15) is 4.79 Å². The summed E-state index contributed by atoms with van der Waals surface area (Å²) in [4.78, 5) is 13.5. The van der Waals surface area contributed by atoms with Crippen LogP contribution in [0.25, 0.3) is 0 Å². The van der Waals surface area contributed by atoms with E-state index in [-0.39, 0.29) is 6.09 Å². The third-order valence-corrected chi connectivity index (χ3v) is 5.12. The van der Waals surface area contributed by atoms with Crippen LogP contribution in [0, 0.1) is 17.8 Å². The Morgan fingerprint density at radius 3 is 2.25 bits per heavy atom. The maximum atomic E-state index is 11.6. The molecular formula is C16H28N2O2. The van der Waals surface area contributed by atoms with Gasteiger partial charge in [-0.1, -0.05) is 0 Å². The van der Waals surface area contributed by atoms with Crippen molar-refractivity contribution in [3.05, 3.63) is 0 Å². The molecule has 0 spiro atoms. The molecule has 2 saturated carbocycles. The first-order valence-electron chi connectivity index (χ1n) is 8.43. The molecule has 1 N–H and O–H groups in total. The molecule has 1 amide bonds. The molecule has 4 heteroatoms. The number of nitrogens with zero attached hydrogens (tertiary/aromatic N) is 1. The van der Waals surface area contributed by atoms with Gasteiger partial charge in [-0.15, -0.1) is 0 Å². The molecule has 0 radical (unpaired) electrons. The lowest BCUT2D eigenvalue weighted by Crippen LogP contribution is -2.46. The normalized spacial score (nSPS) is 24.2. The van der Waals surface area contributed by atoms with Crippen LogP contribution in [0.1, 0.15) is 45.4 Å². The van der Waals surface area contributed by atoms with E-state index in [1.165, 1.54) is 32.2 Å². The SMILES string of the molecule is CCOC(=O)N1CCC(NCC(C2CC2)C2CC2)CC1. The molecule has 0 aromatic carbocycles. The Labute approximate surface area is 122 Å². The van der Waals surface area contributed by atoms with Gasteiger partial charge in [-0.05, 0) is 69.7 Å². The topological polar surface area (TPSA) is 41.6 Å². The number of rotatable bonds is 6. The van der Waals surface area contributed by atoms with Crippen molar-refractivity contribution in [1.82, 2.24) is 10.2 Å². The number of piperidine rings is 1. The van der Waals surface area contributed by atoms with Crippen molar-refractivity contribution in [2.45, 2.75) is 51.5 Å². The smallest absolute Gasteiger partial charge is 0.409 e. The second-order valence-electron chi connectivity index (χ2n) is 6.71. The highest BCUT2D eigenvalue weighted by Gasteiger charge is 2.41. The lowest BCUT2D eigenvalue weighted by Gasteiger charge is -2.32. The standard InChI is InChI=1S/C16H28N2O2/c1-2-20-16(19)18-9-7-14(8-10-18)17-11-15(12-3-4-12)13-5-6-13/h12-15,17H,2-11H2,1H3. The number of carbonyl (C=O) groups excluding carboxylic acids is 1.